The number of rotatable bonds is 6. The first kappa shape index (κ1) is 17.5. The van der Waals surface area contributed by atoms with E-state index in [0.717, 1.165) is 22.5 Å². The van der Waals surface area contributed by atoms with Crippen molar-refractivity contribution in [3.8, 4) is 16.9 Å². The minimum Gasteiger partial charge on any atom is -0.467 e. The molecule has 0 spiro atoms. The molecule has 0 saturated carbocycles. The Hall–Kier alpha value is -3.93. The van der Waals surface area contributed by atoms with Gasteiger partial charge in [0, 0.05) is 35.8 Å². The minimum absolute atomic E-state index is 0.207. The standard InChI is InChI=1S/C22H18N4O2/c27-21(24-15-20-9-5-13-28-20)11-10-18-16-26(19-7-2-1-3-8-19)25-22(18)17-6-4-12-23-14-17/h1-14,16H,15H2,(H,24,27)/b11-10+. The molecule has 28 heavy (non-hydrogen) atoms. The summed E-state index contributed by atoms with van der Waals surface area (Å²) in [5.74, 6) is 0.496. The Morgan fingerprint density at radius 1 is 1.11 bits per heavy atom. The molecule has 6 heteroatoms. The van der Waals surface area contributed by atoms with E-state index in [9.17, 15) is 4.79 Å². The van der Waals surface area contributed by atoms with Crippen LogP contribution in [-0.4, -0.2) is 20.7 Å². The Morgan fingerprint density at radius 3 is 2.75 bits per heavy atom. The Labute approximate surface area is 162 Å². The number of hydrogen-bond donors (Lipinski definition) is 1. The number of nitrogens with one attached hydrogen (secondary N) is 1. The Morgan fingerprint density at radius 2 is 2.00 bits per heavy atom. The molecule has 138 valence electrons. The van der Waals surface area contributed by atoms with Gasteiger partial charge in [0.2, 0.25) is 5.91 Å². The van der Waals surface area contributed by atoms with E-state index >= 15 is 0 Å². The molecule has 3 aromatic heterocycles. The Balaban J connectivity index is 1.59. The van der Waals surface area contributed by atoms with Gasteiger partial charge in [-0.25, -0.2) is 4.68 Å². The number of aromatic nitrogens is 3. The fourth-order valence-electron chi connectivity index (χ4n) is 2.76. The van der Waals surface area contributed by atoms with Crippen LogP contribution in [0.25, 0.3) is 23.0 Å². The van der Waals surface area contributed by atoms with Crippen LogP contribution in [0.5, 0.6) is 0 Å². The van der Waals surface area contributed by atoms with Gasteiger partial charge >= 0.3 is 0 Å². The zero-order valence-corrected chi connectivity index (χ0v) is 15.0. The van der Waals surface area contributed by atoms with Gasteiger partial charge in [0.1, 0.15) is 11.5 Å². The minimum atomic E-state index is -0.207. The molecule has 0 aliphatic heterocycles. The smallest absolute Gasteiger partial charge is 0.244 e. The van der Waals surface area contributed by atoms with Crippen LogP contribution >= 0.6 is 0 Å². The molecule has 0 bridgehead atoms. The maximum atomic E-state index is 12.2. The molecule has 0 atom stereocenters. The van der Waals surface area contributed by atoms with Gasteiger partial charge in [-0.3, -0.25) is 9.78 Å². The summed E-state index contributed by atoms with van der Waals surface area (Å²) in [5, 5.41) is 7.49. The van der Waals surface area contributed by atoms with Gasteiger partial charge in [0.15, 0.2) is 0 Å². The molecule has 0 aliphatic rings. The summed E-state index contributed by atoms with van der Waals surface area (Å²) in [7, 11) is 0. The average molecular weight is 370 g/mol. The number of para-hydroxylation sites is 1. The fraction of sp³-hybridized carbons (Fsp3) is 0.0455. The summed E-state index contributed by atoms with van der Waals surface area (Å²) in [6.45, 7) is 0.342. The predicted molar refractivity (Wildman–Crippen MR) is 106 cm³/mol. The molecule has 4 aromatic rings. The molecule has 1 aromatic carbocycles. The van der Waals surface area contributed by atoms with E-state index in [1.165, 1.54) is 6.08 Å². The van der Waals surface area contributed by atoms with Crippen molar-refractivity contribution in [2.24, 2.45) is 0 Å². The third-order valence-electron chi connectivity index (χ3n) is 4.13. The van der Waals surface area contributed by atoms with Crippen LogP contribution in [0.15, 0.2) is 89.9 Å². The molecule has 6 nitrogen and oxygen atoms in total. The van der Waals surface area contributed by atoms with E-state index in [2.05, 4.69) is 10.3 Å². The third-order valence-corrected chi connectivity index (χ3v) is 4.13. The molecule has 0 fully saturated rings. The van der Waals surface area contributed by atoms with E-state index in [1.54, 1.807) is 35.5 Å². The van der Waals surface area contributed by atoms with Crippen molar-refractivity contribution in [1.29, 1.82) is 0 Å². The highest BCUT2D eigenvalue weighted by Crippen LogP contribution is 2.24. The lowest BCUT2D eigenvalue weighted by Gasteiger charge is -2.00. The van der Waals surface area contributed by atoms with Crippen molar-refractivity contribution in [1.82, 2.24) is 20.1 Å². The van der Waals surface area contributed by atoms with Crippen molar-refractivity contribution in [2.45, 2.75) is 6.54 Å². The highest BCUT2D eigenvalue weighted by Gasteiger charge is 2.11. The van der Waals surface area contributed by atoms with Crippen LogP contribution in [0.3, 0.4) is 0 Å². The molecule has 3 heterocycles. The van der Waals surface area contributed by atoms with E-state index in [-0.39, 0.29) is 5.91 Å². The zero-order valence-electron chi connectivity index (χ0n) is 15.0. The van der Waals surface area contributed by atoms with Gasteiger partial charge in [-0.2, -0.15) is 5.10 Å². The van der Waals surface area contributed by atoms with Crippen LogP contribution in [-0.2, 0) is 11.3 Å². The molecule has 0 aliphatic carbocycles. The highest BCUT2D eigenvalue weighted by molar-refractivity contribution is 5.92. The van der Waals surface area contributed by atoms with Crippen molar-refractivity contribution in [3.63, 3.8) is 0 Å². The quantitative estimate of drug-likeness (QED) is 0.523. The first-order valence-electron chi connectivity index (χ1n) is 8.83. The largest absolute Gasteiger partial charge is 0.467 e. The summed E-state index contributed by atoms with van der Waals surface area (Å²) in [5.41, 5.74) is 3.40. The van der Waals surface area contributed by atoms with Gasteiger partial charge in [0.05, 0.1) is 18.5 Å². The number of pyridine rings is 1. The van der Waals surface area contributed by atoms with Crippen LogP contribution in [0, 0.1) is 0 Å². The fourth-order valence-corrected chi connectivity index (χ4v) is 2.76. The molecule has 0 radical (unpaired) electrons. The summed E-state index contributed by atoms with van der Waals surface area (Å²) in [6, 6.07) is 17.2. The summed E-state index contributed by atoms with van der Waals surface area (Å²) >= 11 is 0. The normalized spacial score (nSPS) is 11.0. The number of furan rings is 1. The number of benzene rings is 1. The topological polar surface area (TPSA) is 73.0 Å². The molecule has 0 unspecified atom stereocenters. The van der Waals surface area contributed by atoms with E-state index in [1.807, 2.05) is 54.7 Å². The number of carbonyl (C=O) groups is 1. The maximum Gasteiger partial charge on any atom is 0.244 e. The predicted octanol–water partition coefficient (Wildman–Crippen LogP) is 3.86. The van der Waals surface area contributed by atoms with E-state index in [4.69, 9.17) is 9.52 Å². The van der Waals surface area contributed by atoms with Crippen molar-refractivity contribution in [2.75, 3.05) is 0 Å². The summed E-state index contributed by atoms with van der Waals surface area (Å²) in [6.07, 6.45) is 10.2. The van der Waals surface area contributed by atoms with Crippen molar-refractivity contribution in [3.05, 3.63) is 96.9 Å². The summed E-state index contributed by atoms with van der Waals surface area (Å²) in [4.78, 5) is 16.3. The number of carbonyl (C=O) groups excluding carboxylic acids is 1. The van der Waals surface area contributed by atoms with Crippen LogP contribution in [0.1, 0.15) is 11.3 Å². The molecular weight excluding hydrogens is 352 g/mol. The van der Waals surface area contributed by atoms with Gasteiger partial charge in [-0.1, -0.05) is 18.2 Å². The van der Waals surface area contributed by atoms with Gasteiger partial charge in [-0.05, 0) is 42.5 Å². The van der Waals surface area contributed by atoms with Crippen LogP contribution in [0.4, 0.5) is 0 Å². The lowest BCUT2D eigenvalue weighted by Crippen LogP contribution is -2.19. The average Bonchev–Trinajstić information content (AvgIpc) is 3.42. The maximum absolute atomic E-state index is 12.2. The van der Waals surface area contributed by atoms with E-state index < -0.39 is 0 Å². The zero-order chi connectivity index (χ0) is 19.2. The molecular formula is C22H18N4O2. The molecule has 1 amide bonds. The van der Waals surface area contributed by atoms with Crippen LogP contribution < -0.4 is 5.32 Å². The third kappa shape index (κ3) is 4.07. The van der Waals surface area contributed by atoms with Crippen molar-refractivity contribution >= 4 is 12.0 Å². The van der Waals surface area contributed by atoms with Crippen molar-refractivity contribution < 1.29 is 9.21 Å². The second-order valence-electron chi connectivity index (χ2n) is 6.09. The number of amides is 1. The highest BCUT2D eigenvalue weighted by atomic mass is 16.3. The SMILES string of the molecule is O=C(/C=C/c1cn(-c2ccccc2)nc1-c1cccnc1)NCc1ccco1. The lowest BCUT2D eigenvalue weighted by molar-refractivity contribution is -0.116. The van der Waals surface area contributed by atoms with Gasteiger partial charge in [-0.15, -0.1) is 0 Å². The first-order chi connectivity index (χ1) is 13.8. The Kier molecular flexibility index (Phi) is 5.11. The van der Waals surface area contributed by atoms with Gasteiger partial charge in [0.25, 0.3) is 0 Å². The van der Waals surface area contributed by atoms with Gasteiger partial charge < -0.3 is 9.73 Å². The lowest BCUT2D eigenvalue weighted by atomic mass is 10.1. The molecule has 4 rings (SSSR count). The van der Waals surface area contributed by atoms with Crippen LogP contribution in [0.2, 0.25) is 0 Å². The number of hydrogen-bond acceptors (Lipinski definition) is 4. The second kappa shape index (κ2) is 8.18. The monoisotopic (exact) mass is 370 g/mol. The van der Waals surface area contributed by atoms with E-state index in [0.29, 0.717) is 12.3 Å². The molecule has 1 N–H and O–H groups in total. The number of nitrogens with zero attached hydrogens (tertiary/aromatic N) is 3. The molecule has 0 saturated heterocycles. The second-order valence-corrected chi connectivity index (χ2v) is 6.09. The Bertz CT molecular complexity index is 1070. The summed E-state index contributed by atoms with van der Waals surface area (Å²) < 4.78 is 7.01. The first-order valence-corrected chi connectivity index (χ1v) is 8.83.